The maximum Gasteiger partial charge on any atom is 0.326 e. The second-order valence-corrected chi connectivity index (χ2v) is 8.20. The topological polar surface area (TPSA) is 129 Å². The van der Waals surface area contributed by atoms with Crippen molar-refractivity contribution in [2.75, 3.05) is 13.2 Å². The monoisotopic (exact) mass is 392 g/mol. The molecule has 0 radical (unpaired) electrons. The van der Waals surface area contributed by atoms with E-state index in [1.165, 1.54) is 0 Å². The summed E-state index contributed by atoms with van der Waals surface area (Å²) in [6, 6.07) is 1.47. The SMILES string of the molecule is CC(C)CC[C@@]1(C)NC(=O)N(CC(=O)OCC(=O)NC2(C#N)CCCC2)C1=O. The van der Waals surface area contributed by atoms with Gasteiger partial charge in [0.05, 0.1) is 6.07 Å². The summed E-state index contributed by atoms with van der Waals surface area (Å²) < 4.78 is 4.89. The third-order valence-corrected chi connectivity index (χ3v) is 5.27. The molecular weight excluding hydrogens is 364 g/mol. The lowest BCUT2D eigenvalue weighted by molar-refractivity contribution is -0.151. The van der Waals surface area contributed by atoms with Crippen LogP contribution in [0.3, 0.4) is 0 Å². The van der Waals surface area contributed by atoms with Crippen LogP contribution in [0, 0.1) is 17.2 Å². The van der Waals surface area contributed by atoms with Gasteiger partial charge in [0.15, 0.2) is 6.61 Å². The highest BCUT2D eigenvalue weighted by atomic mass is 16.5. The third-order valence-electron chi connectivity index (χ3n) is 5.27. The molecule has 2 rings (SSSR count). The lowest BCUT2D eigenvalue weighted by Gasteiger charge is -2.22. The van der Waals surface area contributed by atoms with Gasteiger partial charge in [0, 0.05) is 0 Å². The summed E-state index contributed by atoms with van der Waals surface area (Å²) in [6.45, 7) is 4.56. The summed E-state index contributed by atoms with van der Waals surface area (Å²) >= 11 is 0. The molecule has 9 nitrogen and oxygen atoms in total. The number of rotatable bonds is 8. The Bertz CT molecular complexity index is 693. The number of carbonyl (C=O) groups is 4. The predicted molar refractivity (Wildman–Crippen MR) is 98.6 cm³/mol. The fourth-order valence-corrected chi connectivity index (χ4v) is 3.50. The minimum Gasteiger partial charge on any atom is -0.454 e. The molecule has 4 amide bonds. The second kappa shape index (κ2) is 8.59. The number of imide groups is 1. The van der Waals surface area contributed by atoms with Crippen LogP contribution in [0.4, 0.5) is 4.79 Å². The lowest BCUT2D eigenvalue weighted by atomic mass is 9.92. The molecule has 1 atom stereocenters. The molecule has 0 aromatic carbocycles. The number of nitriles is 1. The van der Waals surface area contributed by atoms with Crippen molar-refractivity contribution in [3.8, 4) is 6.07 Å². The van der Waals surface area contributed by atoms with Gasteiger partial charge in [0.25, 0.3) is 11.8 Å². The van der Waals surface area contributed by atoms with Crippen LogP contribution in [0.5, 0.6) is 0 Å². The first-order chi connectivity index (χ1) is 13.1. The van der Waals surface area contributed by atoms with Gasteiger partial charge in [-0.25, -0.2) is 4.79 Å². The molecule has 28 heavy (non-hydrogen) atoms. The zero-order valence-electron chi connectivity index (χ0n) is 16.7. The van der Waals surface area contributed by atoms with Gasteiger partial charge >= 0.3 is 12.0 Å². The summed E-state index contributed by atoms with van der Waals surface area (Å²) in [5, 5.41) is 14.5. The summed E-state index contributed by atoms with van der Waals surface area (Å²) in [5.41, 5.74) is -1.94. The van der Waals surface area contributed by atoms with Crippen molar-refractivity contribution in [1.82, 2.24) is 15.5 Å². The van der Waals surface area contributed by atoms with Gasteiger partial charge in [-0.2, -0.15) is 5.26 Å². The Labute approximate surface area is 164 Å². The van der Waals surface area contributed by atoms with Crippen LogP contribution in [-0.2, 0) is 19.1 Å². The first kappa shape index (κ1) is 21.7. The minimum absolute atomic E-state index is 0.371. The molecule has 9 heteroatoms. The highest BCUT2D eigenvalue weighted by molar-refractivity contribution is 6.08. The average molecular weight is 392 g/mol. The first-order valence-corrected chi connectivity index (χ1v) is 9.63. The maximum atomic E-state index is 12.6. The molecule has 2 aliphatic rings. The Morgan fingerprint density at radius 3 is 2.54 bits per heavy atom. The van der Waals surface area contributed by atoms with Gasteiger partial charge in [-0.1, -0.05) is 13.8 Å². The van der Waals surface area contributed by atoms with E-state index in [0.717, 1.165) is 24.2 Å². The van der Waals surface area contributed by atoms with Gasteiger partial charge in [-0.3, -0.25) is 19.3 Å². The molecule has 0 aromatic rings. The van der Waals surface area contributed by atoms with Crippen LogP contribution in [-0.4, -0.2) is 52.9 Å². The first-order valence-electron chi connectivity index (χ1n) is 9.63. The van der Waals surface area contributed by atoms with Crippen LogP contribution in [0.15, 0.2) is 0 Å². The number of urea groups is 1. The van der Waals surface area contributed by atoms with Crippen molar-refractivity contribution < 1.29 is 23.9 Å². The molecule has 1 aliphatic carbocycles. The maximum absolute atomic E-state index is 12.6. The van der Waals surface area contributed by atoms with Gasteiger partial charge in [-0.15, -0.1) is 0 Å². The van der Waals surface area contributed by atoms with E-state index in [1.807, 2.05) is 13.8 Å². The molecule has 0 spiro atoms. The van der Waals surface area contributed by atoms with E-state index in [1.54, 1.807) is 6.92 Å². The number of amides is 4. The molecule has 2 fully saturated rings. The van der Waals surface area contributed by atoms with Gasteiger partial charge in [-0.05, 0) is 51.4 Å². The van der Waals surface area contributed by atoms with Crippen LogP contribution < -0.4 is 10.6 Å². The van der Waals surface area contributed by atoms with Crippen molar-refractivity contribution in [2.45, 2.75) is 70.4 Å². The second-order valence-electron chi connectivity index (χ2n) is 8.20. The number of hydrogen-bond donors (Lipinski definition) is 2. The number of hydrogen-bond acceptors (Lipinski definition) is 6. The number of carbonyl (C=O) groups excluding carboxylic acids is 4. The number of ether oxygens (including phenoxy) is 1. The van der Waals surface area contributed by atoms with Crippen LogP contribution >= 0.6 is 0 Å². The number of nitrogens with one attached hydrogen (secondary N) is 2. The van der Waals surface area contributed by atoms with E-state index < -0.39 is 48.0 Å². The molecule has 1 heterocycles. The molecule has 1 saturated heterocycles. The zero-order valence-corrected chi connectivity index (χ0v) is 16.7. The van der Waals surface area contributed by atoms with Crippen molar-refractivity contribution in [3.05, 3.63) is 0 Å². The lowest BCUT2D eigenvalue weighted by Crippen LogP contribution is -2.47. The van der Waals surface area contributed by atoms with Crippen molar-refractivity contribution in [3.63, 3.8) is 0 Å². The van der Waals surface area contributed by atoms with Gasteiger partial charge < -0.3 is 15.4 Å². The third kappa shape index (κ3) is 5.00. The van der Waals surface area contributed by atoms with Gasteiger partial charge in [0.1, 0.15) is 17.6 Å². The fourth-order valence-electron chi connectivity index (χ4n) is 3.50. The molecule has 2 N–H and O–H groups in total. The molecule has 154 valence electrons. The van der Waals surface area contributed by atoms with Crippen molar-refractivity contribution in [2.24, 2.45) is 5.92 Å². The van der Waals surface area contributed by atoms with Crippen LogP contribution in [0.25, 0.3) is 0 Å². The molecule has 0 unspecified atom stereocenters. The average Bonchev–Trinajstić information content (AvgIpc) is 3.18. The highest BCUT2D eigenvalue weighted by Crippen LogP contribution is 2.28. The highest BCUT2D eigenvalue weighted by Gasteiger charge is 2.48. The number of esters is 1. The quantitative estimate of drug-likeness (QED) is 0.472. The van der Waals surface area contributed by atoms with E-state index in [9.17, 15) is 24.4 Å². The molecule has 0 bridgehead atoms. The Kier molecular flexibility index (Phi) is 6.65. The van der Waals surface area contributed by atoms with Crippen molar-refractivity contribution >= 4 is 23.8 Å². The van der Waals surface area contributed by atoms with Crippen LogP contribution in [0.2, 0.25) is 0 Å². The largest absolute Gasteiger partial charge is 0.454 e. The summed E-state index contributed by atoms with van der Waals surface area (Å²) in [6.07, 6.45) is 4.08. The Hall–Kier alpha value is -2.63. The zero-order chi connectivity index (χ0) is 20.9. The van der Waals surface area contributed by atoms with Crippen LogP contribution in [0.1, 0.15) is 59.3 Å². The minimum atomic E-state index is -1.04. The Morgan fingerprint density at radius 1 is 1.32 bits per heavy atom. The fraction of sp³-hybridized carbons (Fsp3) is 0.737. The Morgan fingerprint density at radius 2 is 1.96 bits per heavy atom. The summed E-state index contributed by atoms with van der Waals surface area (Å²) in [5.74, 6) is -1.54. The smallest absolute Gasteiger partial charge is 0.326 e. The normalized spacial score (nSPS) is 23.5. The predicted octanol–water partition coefficient (Wildman–Crippen LogP) is 1.23. The van der Waals surface area contributed by atoms with Crippen molar-refractivity contribution in [1.29, 1.82) is 5.26 Å². The van der Waals surface area contributed by atoms with Gasteiger partial charge in [0.2, 0.25) is 0 Å². The summed E-state index contributed by atoms with van der Waals surface area (Å²) in [4.78, 5) is 49.5. The molecular formula is C19H28N4O5. The van der Waals surface area contributed by atoms with E-state index in [0.29, 0.717) is 25.2 Å². The molecule has 0 aromatic heterocycles. The molecule has 1 saturated carbocycles. The van der Waals surface area contributed by atoms with E-state index in [-0.39, 0.29) is 0 Å². The summed E-state index contributed by atoms with van der Waals surface area (Å²) in [7, 11) is 0. The standard InChI is InChI=1S/C19H28N4O5/c1-13(2)6-9-18(3)16(26)23(17(27)22-18)10-15(25)28-11-14(24)21-19(12-20)7-4-5-8-19/h13H,4-11H2,1-3H3,(H,21,24)(H,22,27)/t18-/m1/s1. The van der Waals surface area contributed by atoms with E-state index in [2.05, 4.69) is 16.7 Å². The van der Waals surface area contributed by atoms with E-state index in [4.69, 9.17) is 4.74 Å². The number of nitrogens with zero attached hydrogens (tertiary/aromatic N) is 2. The Balaban J connectivity index is 1.84. The molecule has 1 aliphatic heterocycles. The van der Waals surface area contributed by atoms with E-state index >= 15 is 0 Å².